The first-order chi connectivity index (χ1) is 18.4. The minimum Gasteiger partial charge on any atom is -0.444 e. The highest BCUT2D eigenvalue weighted by Gasteiger charge is 2.42. The molecule has 1 aliphatic heterocycles. The molecule has 1 fully saturated rings. The van der Waals surface area contributed by atoms with Crippen LogP contribution in [0.15, 0.2) is 35.1 Å². The third-order valence-corrected chi connectivity index (χ3v) is 7.14. The van der Waals surface area contributed by atoms with Crippen molar-refractivity contribution in [3.05, 3.63) is 51.8 Å². The Morgan fingerprint density at radius 1 is 0.950 bits per heavy atom. The number of hydrogen-bond acceptors (Lipinski definition) is 5. The van der Waals surface area contributed by atoms with Gasteiger partial charge in [0.15, 0.2) is 0 Å². The summed E-state index contributed by atoms with van der Waals surface area (Å²) in [5.74, 6) is 0.162. The van der Waals surface area contributed by atoms with Gasteiger partial charge in [-0.05, 0) is 86.1 Å². The molecular weight excluding hydrogens is 606 g/mol. The number of likely N-dealkylation sites (tertiary alicyclic amines) is 1. The van der Waals surface area contributed by atoms with Gasteiger partial charge in [-0.25, -0.2) is 14.8 Å². The predicted molar refractivity (Wildman–Crippen MR) is 142 cm³/mol. The summed E-state index contributed by atoms with van der Waals surface area (Å²) in [5, 5.41) is 0. The smallest absolute Gasteiger partial charge is 0.416 e. The van der Waals surface area contributed by atoms with E-state index in [1.807, 2.05) is 13.8 Å². The lowest BCUT2D eigenvalue weighted by molar-refractivity contribution is -0.143. The molecule has 40 heavy (non-hydrogen) atoms. The second kappa shape index (κ2) is 12.1. The highest BCUT2D eigenvalue weighted by molar-refractivity contribution is 9.10. The zero-order valence-corrected chi connectivity index (χ0v) is 24.5. The van der Waals surface area contributed by atoms with Gasteiger partial charge >= 0.3 is 18.4 Å². The number of piperidine rings is 1. The van der Waals surface area contributed by atoms with Gasteiger partial charge in [0.05, 0.1) is 15.6 Å². The Bertz CT molecular complexity index is 1120. The summed E-state index contributed by atoms with van der Waals surface area (Å²) >= 11 is 3.26. The van der Waals surface area contributed by atoms with Crippen molar-refractivity contribution in [3.63, 3.8) is 0 Å². The number of anilines is 1. The molecule has 2 heterocycles. The fraction of sp³-hybridized carbons (Fsp3) is 0.593. The molecule has 1 amide bonds. The fourth-order valence-electron chi connectivity index (χ4n) is 4.97. The van der Waals surface area contributed by atoms with Crippen molar-refractivity contribution in [2.75, 3.05) is 4.90 Å². The fourth-order valence-corrected chi connectivity index (χ4v) is 5.17. The Morgan fingerprint density at radius 2 is 1.43 bits per heavy atom. The van der Waals surface area contributed by atoms with Crippen LogP contribution < -0.4 is 4.90 Å². The lowest BCUT2D eigenvalue weighted by Gasteiger charge is -2.48. The molecule has 3 rings (SSSR count). The van der Waals surface area contributed by atoms with E-state index in [9.17, 15) is 31.1 Å². The number of alkyl halides is 6. The van der Waals surface area contributed by atoms with Crippen molar-refractivity contribution >= 4 is 28.0 Å². The summed E-state index contributed by atoms with van der Waals surface area (Å²) in [6.07, 6.45) is -5.51. The van der Waals surface area contributed by atoms with E-state index in [2.05, 4.69) is 25.9 Å². The Hall–Kier alpha value is -2.57. The molecule has 2 unspecified atom stereocenters. The maximum absolute atomic E-state index is 13.6. The van der Waals surface area contributed by atoms with Gasteiger partial charge < -0.3 is 14.5 Å². The number of benzene rings is 1. The minimum absolute atomic E-state index is 0.115. The van der Waals surface area contributed by atoms with E-state index in [1.165, 1.54) is 12.4 Å². The van der Waals surface area contributed by atoms with Crippen LogP contribution in [0, 0.1) is 0 Å². The van der Waals surface area contributed by atoms with E-state index in [1.54, 1.807) is 30.6 Å². The molecule has 2 atom stereocenters. The van der Waals surface area contributed by atoms with Crippen LogP contribution in [0.2, 0.25) is 0 Å². The van der Waals surface area contributed by atoms with Gasteiger partial charge in [-0.1, -0.05) is 13.8 Å². The zero-order chi connectivity index (χ0) is 30.0. The topological polar surface area (TPSA) is 58.6 Å². The van der Waals surface area contributed by atoms with Crippen molar-refractivity contribution in [1.82, 2.24) is 14.9 Å². The molecular formula is C27H33BrF6N4O2. The van der Waals surface area contributed by atoms with Crippen LogP contribution >= 0.6 is 15.9 Å². The van der Waals surface area contributed by atoms with E-state index in [-0.39, 0.29) is 42.2 Å². The Balaban J connectivity index is 2.05. The summed E-state index contributed by atoms with van der Waals surface area (Å²) in [5.41, 5.74) is -3.65. The van der Waals surface area contributed by atoms with E-state index >= 15 is 0 Å². The SMILES string of the molecule is CCC1CC(N(Cc2cc(C(F)(F)F)cc(C(F)(F)F)c2)c2ncc(Br)cn2)CC(CC)N1C(=O)OC(C)(C)C. The number of rotatable bonds is 6. The number of aromatic nitrogens is 2. The molecule has 1 aromatic carbocycles. The van der Waals surface area contributed by atoms with Gasteiger partial charge in [0.1, 0.15) is 5.60 Å². The quantitative estimate of drug-likeness (QED) is 0.298. The number of carbonyl (C=O) groups is 1. The third-order valence-electron chi connectivity index (χ3n) is 6.73. The molecule has 0 bridgehead atoms. The van der Waals surface area contributed by atoms with Crippen LogP contribution in [0.25, 0.3) is 0 Å². The molecule has 1 saturated heterocycles. The monoisotopic (exact) mass is 638 g/mol. The molecule has 0 spiro atoms. The average molecular weight is 639 g/mol. The van der Waals surface area contributed by atoms with E-state index in [0.29, 0.717) is 30.2 Å². The van der Waals surface area contributed by atoms with E-state index in [0.717, 1.165) is 12.1 Å². The lowest BCUT2D eigenvalue weighted by Crippen LogP contribution is -2.57. The Labute approximate surface area is 238 Å². The van der Waals surface area contributed by atoms with Crippen LogP contribution in [0.3, 0.4) is 0 Å². The molecule has 0 saturated carbocycles. The molecule has 0 aliphatic carbocycles. The molecule has 1 aliphatic rings. The van der Waals surface area contributed by atoms with E-state index < -0.39 is 35.2 Å². The molecule has 0 N–H and O–H groups in total. The van der Waals surface area contributed by atoms with Crippen LogP contribution in [0.4, 0.5) is 37.1 Å². The van der Waals surface area contributed by atoms with Gasteiger partial charge in [0.25, 0.3) is 0 Å². The lowest BCUT2D eigenvalue weighted by atomic mass is 9.87. The standard InChI is InChI=1S/C27H33BrF6N4O2/c1-6-20-11-22(12-21(7-2)38(20)24(39)40-25(3,4)5)37(23-35-13-19(28)14-36-23)15-16-8-17(26(29,30)31)10-18(9-16)27(32,33)34/h8-10,13-14,20-22H,6-7,11-12,15H2,1-5H3. The number of carbonyl (C=O) groups excluding carboxylic acids is 1. The summed E-state index contributed by atoms with van der Waals surface area (Å²) in [6.45, 7) is 8.86. The normalized spacial score (nSPS) is 20.4. The maximum atomic E-state index is 13.6. The molecule has 13 heteroatoms. The second-order valence-electron chi connectivity index (χ2n) is 10.9. The number of halogens is 7. The van der Waals surface area contributed by atoms with Gasteiger partial charge in [0.2, 0.25) is 5.95 Å². The van der Waals surface area contributed by atoms with Crippen LogP contribution in [-0.2, 0) is 23.6 Å². The maximum Gasteiger partial charge on any atom is 0.416 e. The highest BCUT2D eigenvalue weighted by atomic mass is 79.9. The van der Waals surface area contributed by atoms with Crippen LogP contribution in [0.1, 0.15) is 77.0 Å². The van der Waals surface area contributed by atoms with Crippen LogP contribution in [-0.4, -0.2) is 44.7 Å². The Kier molecular flexibility index (Phi) is 9.68. The predicted octanol–water partition coefficient (Wildman–Crippen LogP) is 8.24. The van der Waals surface area contributed by atoms with E-state index in [4.69, 9.17) is 4.74 Å². The number of hydrogen-bond donors (Lipinski definition) is 0. The number of ether oxygens (including phenoxy) is 1. The molecule has 222 valence electrons. The first-order valence-corrected chi connectivity index (χ1v) is 13.8. The van der Waals surface area contributed by atoms with Gasteiger partial charge in [-0.15, -0.1) is 0 Å². The summed E-state index contributed by atoms with van der Waals surface area (Å²) in [6, 6.07) is 0.645. The average Bonchev–Trinajstić information content (AvgIpc) is 2.84. The summed E-state index contributed by atoms with van der Waals surface area (Å²) in [4.78, 5) is 25.1. The highest BCUT2D eigenvalue weighted by Crippen LogP contribution is 2.38. The number of nitrogens with zero attached hydrogens (tertiary/aromatic N) is 4. The van der Waals surface area contributed by atoms with Crippen molar-refractivity contribution in [2.24, 2.45) is 0 Å². The van der Waals surface area contributed by atoms with Crippen molar-refractivity contribution < 1.29 is 35.9 Å². The van der Waals surface area contributed by atoms with Gasteiger partial charge in [-0.2, -0.15) is 26.3 Å². The molecule has 6 nitrogen and oxygen atoms in total. The third kappa shape index (κ3) is 8.01. The molecule has 0 radical (unpaired) electrons. The summed E-state index contributed by atoms with van der Waals surface area (Å²) < 4.78 is 87.6. The molecule has 2 aromatic rings. The summed E-state index contributed by atoms with van der Waals surface area (Å²) in [7, 11) is 0. The zero-order valence-electron chi connectivity index (χ0n) is 22.9. The van der Waals surface area contributed by atoms with Crippen molar-refractivity contribution in [2.45, 2.75) is 103 Å². The first kappa shape index (κ1) is 32.0. The first-order valence-electron chi connectivity index (χ1n) is 13.0. The van der Waals surface area contributed by atoms with Gasteiger partial charge in [0, 0.05) is 37.1 Å². The Morgan fingerprint density at radius 3 is 1.82 bits per heavy atom. The molecule has 1 aromatic heterocycles. The minimum atomic E-state index is -4.96. The van der Waals surface area contributed by atoms with Crippen LogP contribution in [0.5, 0.6) is 0 Å². The van der Waals surface area contributed by atoms with Crippen molar-refractivity contribution in [3.8, 4) is 0 Å². The van der Waals surface area contributed by atoms with Crippen molar-refractivity contribution in [1.29, 1.82) is 0 Å². The number of amides is 1. The second-order valence-corrected chi connectivity index (χ2v) is 11.8. The van der Waals surface area contributed by atoms with Gasteiger partial charge in [-0.3, -0.25) is 0 Å². The largest absolute Gasteiger partial charge is 0.444 e.